The predicted molar refractivity (Wildman–Crippen MR) is 106 cm³/mol. The molecule has 152 valence electrons. The van der Waals surface area contributed by atoms with E-state index in [0.29, 0.717) is 29.2 Å². The summed E-state index contributed by atoms with van der Waals surface area (Å²) >= 11 is 6.51. The van der Waals surface area contributed by atoms with Crippen molar-refractivity contribution in [2.45, 2.75) is 31.9 Å². The number of halogens is 1. The topological polar surface area (TPSA) is 108 Å². The van der Waals surface area contributed by atoms with Gasteiger partial charge in [0.2, 0.25) is 11.4 Å². The van der Waals surface area contributed by atoms with Crippen molar-refractivity contribution in [3.63, 3.8) is 0 Å². The summed E-state index contributed by atoms with van der Waals surface area (Å²) in [5.41, 5.74) is 0.966. The molecule has 0 radical (unpaired) electrons. The van der Waals surface area contributed by atoms with E-state index in [1.165, 1.54) is 14.2 Å². The van der Waals surface area contributed by atoms with Gasteiger partial charge in [-0.1, -0.05) is 29.8 Å². The number of fused-ring (bicyclic) bond motifs is 3. The highest BCUT2D eigenvalue weighted by Gasteiger charge is 2.60. The van der Waals surface area contributed by atoms with E-state index in [9.17, 15) is 4.79 Å². The summed E-state index contributed by atoms with van der Waals surface area (Å²) in [5.74, 6) is 5.74. The van der Waals surface area contributed by atoms with Crippen LogP contribution in [0, 0.1) is 12.8 Å². The van der Waals surface area contributed by atoms with E-state index in [1.807, 2.05) is 26.0 Å². The van der Waals surface area contributed by atoms with Crippen LogP contribution in [0.1, 0.15) is 46.7 Å². The molecule has 2 heterocycles. The van der Waals surface area contributed by atoms with Crippen molar-refractivity contribution >= 4 is 17.4 Å². The molecule has 8 nitrogen and oxygen atoms in total. The van der Waals surface area contributed by atoms with Gasteiger partial charge in [0.15, 0.2) is 5.75 Å². The Morgan fingerprint density at radius 1 is 1.31 bits per heavy atom. The smallest absolute Gasteiger partial charge is 0.220 e. The van der Waals surface area contributed by atoms with Gasteiger partial charge in [0.05, 0.1) is 19.9 Å². The fourth-order valence-corrected chi connectivity index (χ4v) is 4.53. The molecule has 29 heavy (non-hydrogen) atoms. The minimum atomic E-state index is -1.34. The third kappa shape index (κ3) is 2.58. The molecule has 0 saturated carbocycles. The zero-order valence-corrected chi connectivity index (χ0v) is 17.3. The van der Waals surface area contributed by atoms with Gasteiger partial charge in [0, 0.05) is 23.2 Å². The average Bonchev–Trinajstić information content (AvgIpc) is 3.02. The maximum absolute atomic E-state index is 13.8. The quantitative estimate of drug-likeness (QED) is 0.461. The molecule has 0 saturated heterocycles. The molecule has 2 aromatic rings. The van der Waals surface area contributed by atoms with Crippen LogP contribution in [0.4, 0.5) is 0 Å². The second-order valence-electron chi connectivity index (χ2n) is 7.24. The van der Waals surface area contributed by atoms with E-state index in [0.717, 1.165) is 11.3 Å². The van der Waals surface area contributed by atoms with E-state index in [1.54, 1.807) is 6.07 Å². The number of aryl methyl sites for hydroxylation is 1. The Labute approximate surface area is 173 Å². The number of nitrogens with zero attached hydrogens (tertiary/aromatic N) is 3. The number of pyridine rings is 1. The van der Waals surface area contributed by atoms with Crippen molar-refractivity contribution in [1.29, 1.82) is 0 Å². The molecule has 1 aliphatic carbocycles. The number of benzene rings is 1. The minimum absolute atomic E-state index is 0.221. The summed E-state index contributed by atoms with van der Waals surface area (Å²) < 4.78 is 17.2. The molecule has 2 N–H and O–H groups in total. The van der Waals surface area contributed by atoms with Gasteiger partial charge in [0.25, 0.3) is 0 Å². The van der Waals surface area contributed by atoms with Crippen molar-refractivity contribution in [1.82, 2.24) is 4.98 Å². The summed E-state index contributed by atoms with van der Waals surface area (Å²) in [6.07, 6.45) is 0.509. The average molecular weight is 417 g/mol. The lowest BCUT2D eigenvalue weighted by Crippen LogP contribution is -2.48. The lowest BCUT2D eigenvalue weighted by atomic mass is 9.70. The Kier molecular flexibility index (Phi) is 4.61. The molecule has 3 atom stereocenters. The van der Waals surface area contributed by atoms with Crippen LogP contribution in [0.5, 0.6) is 17.2 Å². The number of carbonyl (C=O) groups excluding carboxylic acids is 1. The molecular weight excluding hydrogens is 396 g/mol. The van der Waals surface area contributed by atoms with Crippen molar-refractivity contribution < 1.29 is 19.0 Å². The molecule has 0 bridgehead atoms. The van der Waals surface area contributed by atoms with Gasteiger partial charge in [0.1, 0.15) is 28.1 Å². The SMILES string of the molecule is COc1cc(OC)c2c(c1Cl)O[C@]1(C2=O)c2nc(C)ccc2C(N=NN)C[C@H]1C. The third-order valence-electron chi connectivity index (χ3n) is 5.67. The largest absolute Gasteiger partial charge is 0.496 e. The Morgan fingerprint density at radius 3 is 2.69 bits per heavy atom. The van der Waals surface area contributed by atoms with Gasteiger partial charge in [-0.25, -0.2) is 0 Å². The molecule has 9 heteroatoms. The number of aromatic nitrogens is 1. The van der Waals surface area contributed by atoms with Crippen LogP contribution in [-0.2, 0) is 5.60 Å². The van der Waals surface area contributed by atoms with Crippen molar-refractivity contribution in [2.75, 3.05) is 14.2 Å². The van der Waals surface area contributed by atoms with Crippen LogP contribution in [0.2, 0.25) is 5.02 Å². The molecular formula is C20H21ClN4O4. The number of carbonyl (C=O) groups is 1. The maximum atomic E-state index is 13.8. The normalized spacial score (nSPS) is 25.1. The van der Waals surface area contributed by atoms with Gasteiger partial charge >= 0.3 is 0 Å². The Hall–Kier alpha value is -2.87. The van der Waals surface area contributed by atoms with E-state index in [-0.39, 0.29) is 28.5 Å². The molecule has 1 aliphatic heterocycles. The first-order chi connectivity index (χ1) is 13.9. The first kappa shape index (κ1) is 19.4. The van der Waals surface area contributed by atoms with E-state index in [2.05, 4.69) is 15.3 Å². The second kappa shape index (κ2) is 6.88. The molecule has 1 spiro atoms. The summed E-state index contributed by atoms with van der Waals surface area (Å²) in [7, 11) is 2.98. The molecule has 4 rings (SSSR count). The van der Waals surface area contributed by atoms with Gasteiger partial charge in [-0.3, -0.25) is 9.78 Å². The monoisotopic (exact) mass is 416 g/mol. The highest BCUT2D eigenvalue weighted by molar-refractivity contribution is 6.35. The van der Waals surface area contributed by atoms with Crippen LogP contribution >= 0.6 is 11.6 Å². The molecule has 0 fully saturated rings. The summed E-state index contributed by atoms with van der Waals surface area (Å²) in [5, 5.41) is 7.83. The van der Waals surface area contributed by atoms with Crippen molar-refractivity contribution in [3.8, 4) is 17.2 Å². The van der Waals surface area contributed by atoms with E-state index in [4.69, 9.17) is 31.7 Å². The highest BCUT2D eigenvalue weighted by Crippen LogP contribution is 2.57. The van der Waals surface area contributed by atoms with Gasteiger partial charge < -0.3 is 20.1 Å². The zero-order chi connectivity index (χ0) is 20.9. The number of nitrogens with two attached hydrogens (primary N) is 1. The van der Waals surface area contributed by atoms with E-state index < -0.39 is 5.60 Å². The number of ketones is 1. The zero-order valence-electron chi connectivity index (χ0n) is 16.5. The number of ether oxygens (including phenoxy) is 3. The van der Waals surface area contributed by atoms with Crippen molar-refractivity contribution in [2.24, 2.45) is 22.1 Å². The van der Waals surface area contributed by atoms with Crippen LogP contribution in [0.25, 0.3) is 0 Å². The number of methoxy groups -OCH3 is 2. The summed E-state index contributed by atoms with van der Waals surface area (Å²) in [4.78, 5) is 18.5. The van der Waals surface area contributed by atoms with Crippen molar-refractivity contribution in [3.05, 3.63) is 45.7 Å². The lowest BCUT2D eigenvalue weighted by Gasteiger charge is -2.39. The third-order valence-corrected chi connectivity index (χ3v) is 6.03. The number of Topliss-reactive ketones (excluding diaryl/α,β-unsaturated/α-hetero) is 1. The number of hydrogen-bond donors (Lipinski definition) is 1. The number of rotatable bonds is 3. The Morgan fingerprint density at radius 2 is 2.03 bits per heavy atom. The summed E-state index contributed by atoms with van der Waals surface area (Å²) in [6, 6.07) is 5.04. The van der Waals surface area contributed by atoms with Gasteiger partial charge in [-0.15, -0.1) is 0 Å². The molecule has 1 unspecified atom stereocenters. The minimum Gasteiger partial charge on any atom is -0.496 e. The fourth-order valence-electron chi connectivity index (χ4n) is 4.27. The van der Waals surface area contributed by atoms with Gasteiger partial charge in [-0.05, 0) is 19.4 Å². The highest BCUT2D eigenvalue weighted by atomic mass is 35.5. The predicted octanol–water partition coefficient (Wildman–Crippen LogP) is 3.94. The molecule has 0 amide bonds. The summed E-state index contributed by atoms with van der Waals surface area (Å²) in [6.45, 7) is 3.78. The van der Waals surface area contributed by atoms with Crippen LogP contribution in [0.3, 0.4) is 0 Å². The first-order valence-corrected chi connectivity index (χ1v) is 9.53. The fraction of sp³-hybridized carbons (Fsp3) is 0.400. The molecule has 1 aromatic carbocycles. The Balaban J connectivity index is 1.99. The van der Waals surface area contributed by atoms with Crippen LogP contribution in [-0.4, -0.2) is 25.0 Å². The maximum Gasteiger partial charge on any atom is 0.220 e. The first-order valence-electron chi connectivity index (χ1n) is 9.15. The second-order valence-corrected chi connectivity index (χ2v) is 7.62. The van der Waals surface area contributed by atoms with Crippen LogP contribution < -0.4 is 20.1 Å². The van der Waals surface area contributed by atoms with E-state index >= 15 is 0 Å². The number of hydrogen-bond acceptors (Lipinski definition) is 7. The van der Waals surface area contributed by atoms with Gasteiger partial charge in [-0.2, -0.15) is 5.11 Å². The lowest BCUT2D eigenvalue weighted by molar-refractivity contribution is 0.0150. The standard InChI is InChI=1S/C20H21ClN4O4/c1-9-7-12(24-25-22)11-6-5-10(2)23-18(11)20(9)19(26)15-13(27-3)8-14(28-4)16(21)17(15)29-20/h5-6,8-9,12H,7H2,1-4H3,(H2,22,24)/t9-,12?,20+/m1/s1. The van der Waals surface area contributed by atoms with Crippen LogP contribution in [0.15, 0.2) is 28.5 Å². The molecule has 1 aromatic heterocycles. The Bertz CT molecular complexity index is 1040. The molecule has 2 aliphatic rings.